The normalized spacial score (nSPS) is 19.3. The summed E-state index contributed by atoms with van der Waals surface area (Å²) >= 11 is 11.1. The van der Waals surface area contributed by atoms with Crippen molar-refractivity contribution in [2.45, 2.75) is 4.99 Å². The van der Waals surface area contributed by atoms with Gasteiger partial charge >= 0.3 is 5.97 Å². The Morgan fingerprint density at radius 3 is 2.38 bits per heavy atom. The molecule has 0 fully saturated rings. The zero-order valence-corrected chi connectivity index (χ0v) is 21.1. The second-order valence-corrected chi connectivity index (χ2v) is 9.97. The Bertz CT molecular complexity index is 1330. The number of para-hydroxylation sites is 1. The highest BCUT2D eigenvalue weighted by Crippen LogP contribution is 2.48. The van der Waals surface area contributed by atoms with Gasteiger partial charge in [0, 0.05) is 15.1 Å². The second-order valence-electron chi connectivity index (χ2n) is 7.42. The van der Waals surface area contributed by atoms with E-state index in [1.807, 2.05) is 83.9 Å². The molecule has 0 aliphatic carbocycles. The number of carbonyl (C=O) groups is 1. The van der Waals surface area contributed by atoms with E-state index in [-0.39, 0.29) is 5.04 Å². The van der Waals surface area contributed by atoms with Gasteiger partial charge in [-0.25, -0.2) is 14.8 Å². The monoisotopic (exact) mass is 552 g/mol. The lowest BCUT2D eigenvalue weighted by atomic mass is 10.1. The second kappa shape index (κ2) is 9.29. The van der Waals surface area contributed by atoms with Gasteiger partial charge in [-0.15, -0.1) is 0 Å². The number of hydrogen-bond acceptors (Lipinski definition) is 7. The molecule has 0 saturated carbocycles. The van der Waals surface area contributed by atoms with Crippen LogP contribution >= 0.6 is 39.3 Å². The maximum absolute atomic E-state index is 12.5. The first-order valence-electron chi connectivity index (χ1n) is 10.3. The molecule has 1 unspecified atom stereocenters. The first-order valence-corrected chi connectivity index (χ1v) is 12.3. The molecule has 6 nitrogen and oxygen atoms in total. The van der Waals surface area contributed by atoms with Crippen molar-refractivity contribution in [2.24, 2.45) is 10.2 Å². The fourth-order valence-corrected chi connectivity index (χ4v) is 5.31. The fraction of sp³-hybridized carbons (Fsp3) is 0.0800. The van der Waals surface area contributed by atoms with Crippen molar-refractivity contribution in [3.63, 3.8) is 0 Å². The summed E-state index contributed by atoms with van der Waals surface area (Å²) in [6, 6.07) is 25.1. The smallest absolute Gasteiger partial charge is 0.365 e. The number of methoxy groups -OCH3 is 1. The quantitative estimate of drug-likeness (QED) is 0.356. The Kier molecular flexibility index (Phi) is 6.20. The minimum absolute atomic E-state index is 0.218. The van der Waals surface area contributed by atoms with Crippen molar-refractivity contribution in [3.05, 3.63) is 106 Å². The van der Waals surface area contributed by atoms with E-state index in [4.69, 9.17) is 21.4 Å². The first kappa shape index (κ1) is 22.7. The Morgan fingerprint density at radius 1 is 0.971 bits per heavy atom. The SMILES string of the molecule is COC(=O)C1=NN(c2cccc(Cl)c2)C2(C=CC(c3ccc(Br)cc3)=NN2c2ccccc2)S1. The number of halogens is 2. The molecule has 1 spiro atoms. The van der Waals surface area contributed by atoms with Crippen molar-refractivity contribution in [2.75, 3.05) is 17.1 Å². The molecule has 0 amide bonds. The third kappa shape index (κ3) is 4.13. The molecule has 0 radical (unpaired) electrons. The van der Waals surface area contributed by atoms with Crippen LogP contribution in [-0.2, 0) is 9.53 Å². The Hall–Kier alpha value is -3.07. The molecule has 0 bridgehead atoms. The number of nitrogens with zero attached hydrogens (tertiary/aromatic N) is 4. The van der Waals surface area contributed by atoms with Crippen LogP contribution in [0.2, 0.25) is 5.02 Å². The fourth-order valence-electron chi connectivity index (χ4n) is 3.68. The lowest BCUT2D eigenvalue weighted by Gasteiger charge is -2.43. The maximum atomic E-state index is 12.5. The van der Waals surface area contributed by atoms with Gasteiger partial charge in [0.05, 0.1) is 24.2 Å². The molecular weight excluding hydrogens is 536 g/mol. The number of hydrogen-bond donors (Lipinski definition) is 0. The van der Waals surface area contributed by atoms with Crippen molar-refractivity contribution in [1.29, 1.82) is 0 Å². The summed E-state index contributed by atoms with van der Waals surface area (Å²) < 4.78 is 5.98. The number of ether oxygens (including phenoxy) is 1. The van der Waals surface area contributed by atoms with Gasteiger partial charge < -0.3 is 4.74 Å². The average Bonchev–Trinajstić information content (AvgIpc) is 3.24. The molecule has 170 valence electrons. The molecule has 3 aromatic carbocycles. The highest BCUT2D eigenvalue weighted by molar-refractivity contribution is 9.10. The highest BCUT2D eigenvalue weighted by Gasteiger charge is 2.51. The van der Waals surface area contributed by atoms with Gasteiger partial charge in [0.25, 0.3) is 0 Å². The molecule has 2 aliphatic heterocycles. The highest BCUT2D eigenvalue weighted by atomic mass is 79.9. The number of benzene rings is 3. The van der Waals surface area contributed by atoms with E-state index < -0.39 is 11.0 Å². The number of thioether (sulfide) groups is 1. The van der Waals surface area contributed by atoms with Crippen LogP contribution < -0.4 is 10.0 Å². The van der Waals surface area contributed by atoms with Gasteiger partial charge in [-0.3, -0.25) is 0 Å². The molecule has 2 heterocycles. The van der Waals surface area contributed by atoms with Gasteiger partial charge in [-0.1, -0.05) is 63.9 Å². The molecule has 34 heavy (non-hydrogen) atoms. The van der Waals surface area contributed by atoms with E-state index in [2.05, 4.69) is 21.0 Å². The summed E-state index contributed by atoms with van der Waals surface area (Å²) in [7, 11) is 1.34. The Balaban J connectivity index is 1.67. The molecular formula is C25H18BrClN4O2S. The average molecular weight is 554 g/mol. The third-order valence-corrected chi connectivity index (χ3v) is 7.25. The van der Waals surface area contributed by atoms with Gasteiger partial charge in [-0.2, -0.15) is 10.2 Å². The summed E-state index contributed by atoms with van der Waals surface area (Å²) in [5.41, 5.74) is 3.29. The Labute approximate surface area is 214 Å². The van der Waals surface area contributed by atoms with Crippen LogP contribution in [0.25, 0.3) is 0 Å². The molecule has 5 rings (SSSR count). The van der Waals surface area contributed by atoms with E-state index in [0.717, 1.165) is 21.4 Å². The summed E-state index contributed by atoms with van der Waals surface area (Å²) in [6.07, 6.45) is 3.94. The van der Waals surface area contributed by atoms with Gasteiger partial charge in [0.15, 0.2) is 0 Å². The zero-order valence-electron chi connectivity index (χ0n) is 17.9. The number of rotatable bonds is 4. The molecule has 0 N–H and O–H groups in total. The van der Waals surface area contributed by atoms with E-state index in [1.165, 1.54) is 18.9 Å². The largest absolute Gasteiger partial charge is 0.464 e. The number of anilines is 2. The molecule has 0 saturated heterocycles. The van der Waals surface area contributed by atoms with Crippen LogP contribution in [0, 0.1) is 0 Å². The van der Waals surface area contributed by atoms with E-state index in [1.54, 1.807) is 17.1 Å². The van der Waals surface area contributed by atoms with Gasteiger partial charge in [0.2, 0.25) is 10.0 Å². The predicted molar refractivity (Wildman–Crippen MR) is 142 cm³/mol. The van der Waals surface area contributed by atoms with Crippen molar-refractivity contribution >= 4 is 67.4 Å². The molecule has 1 atom stereocenters. The standard InChI is InChI=1S/C25H18BrClN4O2S/c1-33-24(32)23-29-31(21-9-5-6-19(27)16-21)25(34-23)15-14-22(17-10-12-18(26)13-11-17)28-30(25)20-7-3-2-4-8-20/h2-16H,1H3. The number of hydrazone groups is 2. The molecule has 2 aliphatic rings. The number of esters is 1. The molecule has 3 aromatic rings. The minimum atomic E-state index is -0.992. The Morgan fingerprint density at radius 2 is 1.68 bits per heavy atom. The topological polar surface area (TPSA) is 57.5 Å². The lowest BCUT2D eigenvalue weighted by molar-refractivity contribution is -0.132. The van der Waals surface area contributed by atoms with Crippen molar-refractivity contribution in [3.8, 4) is 0 Å². The van der Waals surface area contributed by atoms with Crippen LogP contribution in [0.15, 0.2) is 106 Å². The maximum Gasteiger partial charge on any atom is 0.365 e. The van der Waals surface area contributed by atoms with E-state index >= 15 is 0 Å². The van der Waals surface area contributed by atoms with Crippen LogP contribution in [0.1, 0.15) is 5.56 Å². The third-order valence-electron chi connectivity index (χ3n) is 5.26. The number of allylic oxidation sites excluding steroid dienone is 1. The van der Waals surface area contributed by atoms with Crippen LogP contribution in [0.5, 0.6) is 0 Å². The van der Waals surface area contributed by atoms with Crippen molar-refractivity contribution in [1.82, 2.24) is 0 Å². The van der Waals surface area contributed by atoms with Crippen LogP contribution in [0.4, 0.5) is 11.4 Å². The van der Waals surface area contributed by atoms with E-state index in [9.17, 15) is 4.79 Å². The summed E-state index contributed by atoms with van der Waals surface area (Å²) in [6.45, 7) is 0. The minimum Gasteiger partial charge on any atom is -0.464 e. The lowest BCUT2D eigenvalue weighted by Crippen LogP contribution is -2.53. The predicted octanol–water partition coefficient (Wildman–Crippen LogP) is 6.28. The molecule has 0 aromatic heterocycles. The van der Waals surface area contributed by atoms with E-state index in [0.29, 0.717) is 10.7 Å². The van der Waals surface area contributed by atoms with Gasteiger partial charge in [-0.05, 0) is 66.4 Å². The summed E-state index contributed by atoms with van der Waals surface area (Å²) in [5, 5.41) is 14.1. The molecule has 9 heteroatoms. The van der Waals surface area contributed by atoms with Gasteiger partial charge in [0.1, 0.15) is 0 Å². The van der Waals surface area contributed by atoms with Crippen LogP contribution in [-0.4, -0.2) is 28.8 Å². The first-order chi connectivity index (χ1) is 16.5. The van der Waals surface area contributed by atoms with Crippen LogP contribution in [0.3, 0.4) is 0 Å². The number of carbonyl (C=O) groups excluding carboxylic acids is 1. The summed E-state index contributed by atoms with van der Waals surface area (Å²) in [4.78, 5) is 11.5. The summed E-state index contributed by atoms with van der Waals surface area (Å²) in [5.74, 6) is -0.516. The van der Waals surface area contributed by atoms with Crippen molar-refractivity contribution < 1.29 is 9.53 Å². The zero-order chi connectivity index (χ0) is 23.7.